The summed E-state index contributed by atoms with van der Waals surface area (Å²) in [5, 5.41) is 0.857. The molecule has 0 saturated heterocycles. The topological polar surface area (TPSA) is 109 Å². The van der Waals surface area contributed by atoms with Gasteiger partial charge in [0.2, 0.25) is 0 Å². The summed E-state index contributed by atoms with van der Waals surface area (Å²) in [7, 11) is -8.71. The quantitative estimate of drug-likeness (QED) is 0.620. The van der Waals surface area contributed by atoms with Crippen LogP contribution >= 0.6 is 0 Å². The predicted molar refractivity (Wildman–Crippen MR) is 70.7 cm³/mol. The molecule has 2 aromatic rings. The van der Waals surface area contributed by atoms with Crippen LogP contribution in [0.4, 0.5) is 0 Å². The molecule has 2 rings (SSSR count). The first-order valence-corrected chi connectivity index (χ1v) is 7.55. The third kappa shape index (κ3) is 4.06. The summed E-state index contributed by atoms with van der Waals surface area (Å²) >= 11 is 0. The molecule has 0 heterocycles. The van der Waals surface area contributed by atoms with Gasteiger partial charge >= 0.3 is 51.4 Å². The minimum absolute atomic E-state index is 0. The molecule has 0 radical (unpaired) electrons. The summed E-state index contributed by atoms with van der Waals surface area (Å²) in [5.74, 6) is 0. The van der Waals surface area contributed by atoms with Crippen molar-refractivity contribution in [3.05, 3.63) is 36.4 Å². The predicted octanol–water partition coefficient (Wildman–Crippen LogP) is 0.685. The van der Waals surface area contributed by atoms with Gasteiger partial charge in [-0.15, -0.1) is 0 Å². The maximum absolute atomic E-state index is 10.9. The third-order valence-electron chi connectivity index (χ3n) is 2.38. The van der Waals surface area contributed by atoms with E-state index in [0.29, 0.717) is 5.39 Å². The van der Waals surface area contributed by atoms with E-state index in [9.17, 15) is 16.8 Å². The summed E-state index contributed by atoms with van der Waals surface area (Å²) in [6.45, 7) is 0. The molecule has 0 aromatic heterocycles. The van der Waals surface area contributed by atoms with Gasteiger partial charge in [0.25, 0.3) is 20.2 Å². The molecule has 0 amide bonds. The fourth-order valence-electron chi connectivity index (χ4n) is 1.52. The van der Waals surface area contributed by atoms with Crippen LogP contribution in [0.5, 0.6) is 0 Å². The maximum atomic E-state index is 10.9. The molecule has 0 saturated carbocycles. The Morgan fingerprint density at radius 3 is 1.37 bits per heavy atom. The summed E-state index contributed by atoms with van der Waals surface area (Å²) < 4.78 is 61.5. The van der Waals surface area contributed by atoms with Crippen molar-refractivity contribution in [3.63, 3.8) is 0 Å². The fourth-order valence-corrected chi connectivity index (χ4v) is 2.56. The van der Waals surface area contributed by atoms with E-state index < -0.39 is 20.2 Å². The Kier molecular flexibility index (Phi) is 5.32. The van der Waals surface area contributed by atoms with Crippen molar-refractivity contribution in [1.82, 2.24) is 0 Å². The van der Waals surface area contributed by atoms with Crippen LogP contribution in [-0.2, 0) is 20.2 Å². The molecule has 0 fully saturated rings. The number of hydrogen-bond acceptors (Lipinski definition) is 4. The van der Waals surface area contributed by atoms with Crippen molar-refractivity contribution in [3.8, 4) is 0 Å². The Hall–Kier alpha value is 0.156. The van der Waals surface area contributed by atoms with Crippen LogP contribution in [-0.4, -0.2) is 77.3 Å². The Morgan fingerprint density at radius 2 is 1.05 bits per heavy atom. The van der Waals surface area contributed by atoms with E-state index in [1.807, 2.05) is 0 Å². The van der Waals surface area contributed by atoms with E-state index in [-0.39, 0.29) is 66.6 Å². The van der Waals surface area contributed by atoms with Crippen LogP contribution < -0.4 is 0 Å². The summed E-state index contributed by atoms with van der Waals surface area (Å²) in [6, 6.07) is 7.49. The van der Waals surface area contributed by atoms with Crippen LogP contribution in [0.2, 0.25) is 0 Å². The molecule has 2 aromatic carbocycles. The van der Waals surface area contributed by atoms with Crippen molar-refractivity contribution in [1.29, 1.82) is 0 Å². The van der Waals surface area contributed by atoms with Crippen LogP contribution in [0.25, 0.3) is 10.8 Å². The van der Waals surface area contributed by atoms with Crippen LogP contribution in [0.1, 0.15) is 0 Å². The van der Waals surface area contributed by atoms with Gasteiger partial charge in [-0.05, 0) is 35.0 Å². The molecule has 2 N–H and O–H groups in total. The van der Waals surface area contributed by atoms with E-state index >= 15 is 0 Å². The van der Waals surface area contributed by atoms with Crippen molar-refractivity contribution in [2.45, 2.75) is 9.79 Å². The molecule has 0 atom stereocenters. The molecular weight excluding hydrogens is 319 g/mol. The van der Waals surface area contributed by atoms with E-state index in [1.165, 1.54) is 24.3 Å². The van der Waals surface area contributed by atoms with Crippen molar-refractivity contribution < 1.29 is 25.9 Å². The number of rotatable bonds is 2. The first kappa shape index (κ1) is 17.2. The number of fused-ring (bicyclic) bond motifs is 1. The van der Waals surface area contributed by atoms with Gasteiger partial charge < -0.3 is 0 Å². The number of hydrogen-bond donors (Lipinski definition) is 2. The molecule has 9 heteroatoms. The Balaban J connectivity index is 0.00000180. The van der Waals surface area contributed by atoms with Crippen LogP contribution in [0.3, 0.4) is 0 Å². The molecule has 0 aliphatic rings. The van der Waals surface area contributed by atoms with Crippen molar-refractivity contribution >= 4 is 82.4 Å². The first-order valence-electron chi connectivity index (χ1n) is 4.67. The summed E-state index contributed by atoms with van der Waals surface area (Å²) in [4.78, 5) is -0.690. The Labute approximate surface area is 152 Å². The van der Waals surface area contributed by atoms with E-state index in [0.717, 1.165) is 12.1 Å². The average Bonchev–Trinajstić information content (AvgIpc) is 2.25. The van der Waals surface area contributed by atoms with Crippen molar-refractivity contribution in [2.75, 3.05) is 0 Å². The van der Waals surface area contributed by atoms with Gasteiger partial charge in [0, 0.05) is 0 Å². The van der Waals surface area contributed by atoms with Crippen molar-refractivity contribution in [2.24, 2.45) is 0 Å². The van der Waals surface area contributed by atoms with Crippen LogP contribution in [0.15, 0.2) is 46.2 Å². The fraction of sp³-hybridized carbons (Fsp3) is 0. The minimum atomic E-state index is -4.35. The molecule has 98 valence electrons. The van der Waals surface area contributed by atoms with Crippen LogP contribution in [0, 0.1) is 0 Å². The van der Waals surface area contributed by atoms with E-state index in [1.54, 1.807) is 0 Å². The first-order chi connectivity index (χ1) is 8.18. The molecule has 0 bridgehead atoms. The zero-order chi connectivity index (χ0) is 13.6. The number of benzene rings is 2. The molecule has 0 spiro atoms. The molecular formula is C10H9KO6S2. The van der Waals surface area contributed by atoms with Gasteiger partial charge in [-0.1, -0.05) is 12.1 Å². The van der Waals surface area contributed by atoms with Gasteiger partial charge in [-0.3, -0.25) is 9.11 Å². The van der Waals surface area contributed by atoms with E-state index in [4.69, 9.17) is 9.11 Å². The standard InChI is InChI=1S/C10H8O6S2.K.H/c11-17(12,13)9-3-1-7-2-4-10(18(14,15)16)6-8(7)5-9;;/h1-6H,(H,11,12,13)(H,14,15,16);;. The monoisotopic (exact) mass is 328 g/mol. The van der Waals surface area contributed by atoms with Gasteiger partial charge in [-0.25, -0.2) is 0 Å². The molecule has 0 unspecified atom stereocenters. The third-order valence-corrected chi connectivity index (χ3v) is 4.08. The normalized spacial score (nSPS) is 12.1. The summed E-state index contributed by atoms with van der Waals surface area (Å²) in [5.41, 5.74) is 0. The van der Waals surface area contributed by atoms with E-state index in [2.05, 4.69) is 0 Å². The van der Waals surface area contributed by atoms with Gasteiger partial charge in [0.05, 0.1) is 9.79 Å². The zero-order valence-corrected chi connectivity index (χ0v) is 10.4. The second kappa shape index (κ2) is 5.88. The second-order valence-corrected chi connectivity index (χ2v) is 6.46. The Morgan fingerprint density at radius 1 is 0.684 bits per heavy atom. The average molecular weight is 328 g/mol. The molecule has 0 aliphatic carbocycles. The summed E-state index contributed by atoms with van der Waals surface area (Å²) in [6.07, 6.45) is 0. The molecule has 6 nitrogen and oxygen atoms in total. The van der Waals surface area contributed by atoms with Gasteiger partial charge in [-0.2, -0.15) is 16.8 Å². The molecule has 0 aliphatic heterocycles. The van der Waals surface area contributed by atoms with Gasteiger partial charge in [0.15, 0.2) is 0 Å². The molecule has 19 heavy (non-hydrogen) atoms. The zero-order valence-electron chi connectivity index (χ0n) is 8.81. The van der Waals surface area contributed by atoms with Gasteiger partial charge in [0.1, 0.15) is 0 Å². The second-order valence-electron chi connectivity index (χ2n) is 3.62. The SMILES string of the molecule is O=S(=O)(O)c1ccc2ccc(S(=O)(=O)O)cc2c1.[KH]. The Bertz CT molecular complexity index is 759.